The van der Waals surface area contributed by atoms with Gasteiger partial charge in [0.2, 0.25) is 0 Å². The van der Waals surface area contributed by atoms with Crippen LogP contribution in [0.2, 0.25) is 0 Å². The van der Waals surface area contributed by atoms with Crippen molar-refractivity contribution in [2.75, 3.05) is 7.05 Å². The van der Waals surface area contributed by atoms with Gasteiger partial charge in [-0.3, -0.25) is 64.0 Å². The number of nitrogens with one attached hydrogen (secondary N) is 1. The third-order valence-electron chi connectivity index (χ3n) is 0.895. The third-order valence-corrected chi connectivity index (χ3v) is 0.895. The molecule has 0 aliphatic carbocycles. The minimum Gasteiger partial charge on any atom is -0.379 e. The summed E-state index contributed by atoms with van der Waals surface area (Å²) < 4.78 is 114. The van der Waals surface area contributed by atoms with E-state index < -0.39 is 47.4 Å². The molecule has 0 aromatic carbocycles. The Morgan fingerprint density at radius 2 is 0.622 bits per heavy atom. The highest BCUT2D eigenvalue weighted by Crippen LogP contribution is 2.37. The van der Waals surface area contributed by atoms with Crippen LogP contribution < -0.4 is 5.32 Å². The minimum atomic E-state index is -5.14. The average Bonchev–Trinajstić information content (AvgIpc) is 2.36. The highest BCUT2D eigenvalue weighted by atomic mass is 31.2. The van der Waals surface area contributed by atoms with E-state index in [0.29, 0.717) is 0 Å². The van der Waals surface area contributed by atoms with Crippen molar-refractivity contribution < 1.29 is 116 Å². The highest BCUT2D eigenvalue weighted by Gasteiger charge is 2.06. The molecule has 37 heavy (non-hydrogen) atoms. The van der Waals surface area contributed by atoms with Gasteiger partial charge in [-0.1, -0.05) is 13.3 Å². The molecular weight excluding hydrogens is 678 g/mol. The fourth-order valence-corrected chi connectivity index (χ4v) is 0.418. The quantitative estimate of drug-likeness (QED) is 0.109. The van der Waals surface area contributed by atoms with Gasteiger partial charge in [-0.05, 0) is 13.5 Å². The van der Waals surface area contributed by atoms with E-state index in [1.165, 1.54) is 0 Å². The van der Waals surface area contributed by atoms with Crippen molar-refractivity contribution in [1.82, 2.24) is 5.32 Å². The Labute approximate surface area is 203 Å². The van der Waals surface area contributed by atoms with Crippen LogP contribution in [0.25, 0.3) is 0 Å². The summed E-state index contributed by atoms with van der Waals surface area (Å²) in [6, 6.07) is 0. The lowest BCUT2D eigenvalue weighted by Crippen LogP contribution is -2.23. The fourth-order valence-electron chi connectivity index (χ4n) is 0.418. The zero-order valence-electron chi connectivity index (χ0n) is 17.7. The minimum absolute atomic E-state index is 0.301. The summed E-state index contributed by atoms with van der Waals surface area (Å²) in [6.07, 6.45) is 1.57. The van der Waals surface area contributed by atoms with Crippen molar-refractivity contribution in [3.63, 3.8) is 0 Å². The van der Waals surface area contributed by atoms with Crippen molar-refractivity contribution in [3.05, 3.63) is 0 Å². The molecule has 1 atom stereocenters. The first-order valence-electron chi connectivity index (χ1n) is 7.17. The van der Waals surface area contributed by atoms with E-state index in [4.69, 9.17) is 91.2 Å². The Kier molecular flexibility index (Phi) is 36.8. The molecule has 0 aromatic rings. The van der Waals surface area contributed by atoms with E-state index in [-0.39, 0.29) is 6.23 Å². The first kappa shape index (κ1) is 53.6. The predicted octanol–water partition coefficient (Wildman–Crippen LogP) is 0.616. The molecule has 0 saturated carbocycles. The maximum absolute atomic E-state index is 10.4. The maximum atomic E-state index is 10.4. The largest absolute Gasteiger partial charge is 0.507 e. The molecular formula is C5H25F6NO19P6. The van der Waals surface area contributed by atoms with Gasteiger partial charge in [-0.25, -0.2) is 27.4 Å². The van der Waals surface area contributed by atoms with E-state index in [1.807, 2.05) is 6.92 Å². The Morgan fingerprint density at radius 3 is 0.649 bits per heavy atom. The van der Waals surface area contributed by atoms with Crippen molar-refractivity contribution in [3.8, 4) is 0 Å². The van der Waals surface area contributed by atoms with E-state index in [0.717, 1.165) is 12.8 Å². The molecule has 236 valence electrons. The molecule has 0 spiro atoms. The number of aliphatic hydroxyl groups excluding tert-OH is 1. The van der Waals surface area contributed by atoms with Gasteiger partial charge in [-0.15, -0.1) is 25.2 Å². The van der Waals surface area contributed by atoms with Gasteiger partial charge in [0.15, 0.2) is 0 Å². The Morgan fingerprint density at radius 1 is 0.514 bits per heavy atom. The van der Waals surface area contributed by atoms with Crippen LogP contribution >= 0.6 is 47.4 Å². The molecule has 14 N–H and O–H groups in total. The SMILES string of the molecule is CCCC(O)NC.O=P(O)(O)F.O=P(O)(O)F.O=P(O)(O)F.O=P(O)(O)F.O=P(O)(O)F.O=P(O)(O)F. The van der Waals surface area contributed by atoms with E-state index in [1.54, 1.807) is 7.05 Å². The summed E-state index contributed by atoms with van der Waals surface area (Å²) in [5, 5.41) is 11.5. The molecule has 0 rings (SSSR count). The number of aliphatic hydroxyl groups is 1. The number of rotatable bonds is 3. The Hall–Kier alpha value is 0.400. The normalized spacial score (nSPS) is 12.2. The van der Waals surface area contributed by atoms with Gasteiger partial charge < -0.3 is 5.11 Å². The molecule has 0 amide bonds. The number of halogens is 6. The molecule has 1 unspecified atom stereocenters. The summed E-state index contributed by atoms with van der Waals surface area (Å²) in [4.78, 5) is 83.6. The first-order chi connectivity index (χ1) is 15.3. The van der Waals surface area contributed by atoms with Crippen LogP contribution in [0.3, 0.4) is 0 Å². The van der Waals surface area contributed by atoms with Crippen LogP contribution in [0.1, 0.15) is 19.8 Å². The van der Waals surface area contributed by atoms with Crippen molar-refractivity contribution >= 4 is 47.4 Å². The van der Waals surface area contributed by atoms with Crippen LogP contribution in [0, 0.1) is 0 Å². The van der Waals surface area contributed by atoms with Crippen molar-refractivity contribution in [1.29, 1.82) is 0 Å². The number of hydrogen-bond donors (Lipinski definition) is 14. The molecule has 0 saturated heterocycles. The van der Waals surface area contributed by atoms with Gasteiger partial charge >= 0.3 is 47.4 Å². The molecule has 0 aliphatic rings. The van der Waals surface area contributed by atoms with Gasteiger partial charge in [0.25, 0.3) is 0 Å². The van der Waals surface area contributed by atoms with E-state index in [2.05, 4.69) is 5.32 Å². The second kappa shape index (κ2) is 25.4. The highest BCUT2D eigenvalue weighted by molar-refractivity contribution is 7.46. The standard InChI is InChI=1S/C5H13NO.6FH2O3P/c1-3-4-5(7)6-2;6*1-5(2,3)4/h5-7H,3-4H2,1-2H3;6*(H2,2,3,4). The van der Waals surface area contributed by atoms with E-state index in [9.17, 15) is 25.2 Å². The van der Waals surface area contributed by atoms with Crippen LogP contribution in [-0.4, -0.2) is 77.1 Å². The lowest BCUT2D eigenvalue weighted by molar-refractivity contribution is 0.136. The molecule has 0 aliphatic heterocycles. The summed E-state index contributed by atoms with van der Waals surface area (Å²) in [5.41, 5.74) is 0. The number of hydrogen-bond acceptors (Lipinski definition) is 8. The third kappa shape index (κ3) is 1480. The first-order valence-corrected chi connectivity index (χ1v) is 16.2. The fraction of sp³-hybridized carbons (Fsp3) is 1.00. The maximum Gasteiger partial charge on any atom is 0.507 e. The second-order valence-electron chi connectivity index (χ2n) is 4.43. The summed E-state index contributed by atoms with van der Waals surface area (Å²) in [7, 11) is -29.1. The Balaban J connectivity index is -0.0000000570. The van der Waals surface area contributed by atoms with E-state index >= 15 is 0 Å². The Bertz CT molecular complexity index is 591. The summed E-state index contributed by atoms with van der Waals surface area (Å²) in [6.45, 7) is 2.04. The van der Waals surface area contributed by atoms with Crippen LogP contribution in [0.4, 0.5) is 25.2 Å². The molecule has 0 aromatic heterocycles. The average molecular weight is 703 g/mol. The van der Waals surface area contributed by atoms with Crippen molar-refractivity contribution in [2.24, 2.45) is 0 Å². The van der Waals surface area contributed by atoms with Crippen molar-refractivity contribution in [2.45, 2.75) is 26.0 Å². The van der Waals surface area contributed by atoms with Gasteiger partial charge in [-0.2, -0.15) is 0 Å². The van der Waals surface area contributed by atoms with Gasteiger partial charge in [0.05, 0.1) is 0 Å². The van der Waals surface area contributed by atoms with Crippen LogP contribution in [-0.2, 0) is 27.4 Å². The predicted molar refractivity (Wildman–Crippen MR) is 109 cm³/mol. The molecule has 0 bridgehead atoms. The zero-order chi connectivity index (χ0) is 32.7. The molecule has 32 heteroatoms. The van der Waals surface area contributed by atoms with Crippen LogP contribution in [0.15, 0.2) is 0 Å². The summed E-state index contributed by atoms with van der Waals surface area (Å²) >= 11 is 0. The smallest absolute Gasteiger partial charge is 0.379 e. The van der Waals surface area contributed by atoms with Crippen LogP contribution in [0.5, 0.6) is 0 Å². The second-order valence-corrected chi connectivity index (χ2v) is 10.1. The molecule has 0 heterocycles. The molecule has 0 fully saturated rings. The molecule has 0 radical (unpaired) electrons. The lowest BCUT2D eigenvalue weighted by atomic mass is 10.3. The zero-order valence-corrected chi connectivity index (χ0v) is 23.1. The topological polar surface area (TPSA) is 377 Å². The lowest BCUT2D eigenvalue weighted by Gasteiger charge is -2.04. The monoisotopic (exact) mass is 703 g/mol. The molecule has 20 nitrogen and oxygen atoms in total. The summed E-state index contributed by atoms with van der Waals surface area (Å²) in [5.74, 6) is 0. The van der Waals surface area contributed by atoms with Gasteiger partial charge in [0, 0.05) is 0 Å². The van der Waals surface area contributed by atoms with Gasteiger partial charge in [0.1, 0.15) is 6.23 Å².